The van der Waals surface area contributed by atoms with Crippen LogP contribution in [0, 0.1) is 0 Å². The maximum atomic E-state index is 12.3. The monoisotopic (exact) mass is 595 g/mol. The Bertz CT molecular complexity index is 1250. The molecule has 3 aromatic rings. The summed E-state index contributed by atoms with van der Waals surface area (Å²) in [6.45, 7) is 8.16. The molecular formula is C30H42ClNO5S2. The Kier molecular flexibility index (Phi) is 12.7. The number of rotatable bonds is 15. The molecule has 0 saturated carbocycles. The van der Waals surface area contributed by atoms with E-state index in [9.17, 15) is 8.42 Å². The first-order valence-corrected chi connectivity index (χ1v) is 16.5. The first kappa shape index (κ1) is 31.5. The summed E-state index contributed by atoms with van der Waals surface area (Å²) < 4.78 is 43.4. The van der Waals surface area contributed by atoms with Gasteiger partial charge in [-0.2, -0.15) is 8.42 Å². The summed E-state index contributed by atoms with van der Waals surface area (Å²) in [5.41, 5.74) is 0. The minimum absolute atomic E-state index is 0. The van der Waals surface area contributed by atoms with E-state index in [0.717, 1.165) is 66.0 Å². The molecule has 0 N–H and O–H groups in total. The zero-order valence-corrected chi connectivity index (χ0v) is 25.6. The Morgan fingerprint density at radius 1 is 0.872 bits per heavy atom. The van der Waals surface area contributed by atoms with Crippen LogP contribution in [0.15, 0.2) is 42.5 Å². The van der Waals surface area contributed by atoms with Crippen LogP contribution in [0.2, 0.25) is 0 Å². The Morgan fingerprint density at radius 3 is 2.28 bits per heavy atom. The molecule has 2 aromatic carbocycles. The molecule has 1 saturated heterocycles. The quantitative estimate of drug-likeness (QED) is 0.130. The maximum Gasteiger partial charge on any atom is 0.309 e. The zero-order valence-electron chi connectivity index (χ0n) is 23.2. The molecule has 6 nitrogen and oxygen atoms in total. The Balaban J connectivity index is 0.00000420. The number of hydrogen-bond donors (Lipinski definition) is 0. The van der Waals surface area contributed by atoms with E-state index in [1.54, 1.807) is 17.4 Å². The molecule has 0 amide bonds. The molecule has 0 radical (unpaired) electrons. The second-order valence-electron chi connectivity index (χ2n) is 9.99. The number of ether oxygens (including phenoxy) is 2. The molecule has 1 aliphatic rings. The number of aryl methyl sites for hydroxylation is 1. The maximum absolute atomic E-state index is 12.3. The average Bonchev–Trinajstić information content (AvgIpc) is 3.25. The molecular weight excluding hydrogens is 554 g/mol. The Hall–Kier alpha value is -2.00. The summed E-state index contributed by atoms with van der Waals surface area (Å²) in [7, 11) is -3.59. The van der Waals surface area contributed by atoms with E-state index in [1.165, 1.54) is 37.2 Å². The van der Waals surface area contributed by atoms with E-state index < -0.39 is 10.1 Å². The van der Waals surface area contributed by atoms with Gasteiger partial charge in [-0.15, -0.1) is 23.7 Å². The third-order valence-electron chi connectivity index (χ3n) is 6.83. The Labute approximate surface area is 244 Å². The van der Waals surface area contributed by atoms with Crippen molar-refractivity contribution in [3.05, 3.63) is 47.3 Å². The molecule has 0 bridgehead atoms. The second kappa shape index (κ2) is 15.7. The van der Waals surface area contributed by atoms with E-state index in [1.807, 2.05) is 43.3 Å². The summed E-state index contributed by atoms with van der Waals surface area (Å²) in [4.78, 5) is 3.64. The highest BCUT2D eigenvalue weighted by Gasteiger charge is 2.18. The number of fused-ring (bicyclic) bond motifs is 1. The van der Waals surface area contributed by atoms with Crippen LogP contribution in [-0.4, -0.2) is 45.3 Å². The number of hydrogen-bond acceptors (Lipinski definition) is 7. The molecule has 0 atom stereocenters. The van der Waals surface area contributed by atoms with Gasteiger partial charge < -0.3 is 13.7 Å². The van der Waals surface area contributed by atoms with Gasteiger partial charge in [-0.3, -0.25) is 4.90 Å². The highest BCUT2D eigenvalue weighted by Crippen LogP contribution is 2.43. The van der Waals surface area contributed by atoms with Gasteiger partial charge in [0.2, 0.25) is 0 Å². The number of likely N-dealkylation sites (tertiary alicyclic amines) is 1. The van der Waals surface area contributed by atoms with Crippen LogP contribution in [0.3, 0.4) is 0 Å². The van der Waals surface area contributed by atoms with Gasteiger partial charge in [-0.05, 0) is 87.7 Å². The van der Waals surface area contributed by atoms with Crippen LogP contribution in [0.5, 0.6) is 23.0 Å². The fraction of sp³-hybridized carbons (Fsp3) is 0.533. The third-order valence-corrected chi connectivity index (χ3v) is 9.26. The number of thiophene rings is 1. The molecule has 0 aliphatic carbocycles. The summed E-state index contributed by atoms with van der Waals surface area (Å²) >= 11 is 1.65. The van der Waals surface area contributed by atoms with Crippen LogP contribution < -0.4 is 13.7 Å². The van der Waals surface area contributed by atoms with Gasteiger partial charge in [0.1, 0.15) is 29.6 Å². The van der Waals surface area contributed by atoms with Gasteiger partial charge in [0.15, 0.2) is 0 Å². The average molecular weight is 596 g/mol. The molecule has 2 heterocycles. The predicted octanol–water partition coefficient (Wildman–Crippen LogP) is 8.22. The fourth-order valence-electron chi connectivity index (χ4n) is 4.67. The summed E-state index contributed by atoms with van der Waals surface area (Å²) in [5, 5.41) is 0.974. The van der Waals surface area contributed by atoms with E-state index in [2.05, 4.69) is 11.8 Å². The topological polar surface area (TPSA) is 65.1 Å². The number of nitrogens with zero attached hydrogens (tertiary/aromatic N) is 1. The standard InChI is InChI=1S/C30H41NO5S2.ClH/c1-3-5-8-11-28-30(27-17-16-26(23-29(27)37-28)36-38(32,33)22-6-4-2)35-25-14-12-24(13-15-25)34-21-20-31-18-9-7-10-19-31;/h12-17,23H,3-11,18-22H2,1-2H3;1H. The fourth-order valence-corrected chi connectivity index (χ4v) is 7.00. The highest BCUT2D eigenvalue weighted by atomic mass is 35.5. The lowest BCUT2D eigenvalue weighted by molar-refractivity contribution is 0.183. The smallest absolute Gasteiger partial charge is 0.309 e. The summed E-state index contributed by atoms with van der Waals surface area (Å²) in [6, 6.07) is 13.3. The second-order valence-corrected chi connectivity index (χ2v) is 12.8. The van der Waals surface area contributed by atoms with Crippen LogP contribution in [0.25, 0.3) is 10.1 Å². The van der Waals surface area contributed by atoms with Crippen molar-refractivity contribution >= 4 is 43.9 Å². The van der Waals surface area contributed by atoms with Crippen molar-refractivity contribution in [2.24, 2.45) is 0 Å². The first-order chi connectivity index (χ1) is 18.5. The first-order valence-electron chi connectivity index (χ1n) is 14.1. The SMILES string of the molecule is CCCCCc1sc2cc(OS(=O)(=O)CCCC)ccc2c1Oc1ccc(OCCN2CCCCC2)cc1.Cl. The normalized spacial score (nSPS) is 14.2. The molecule has 1 aromatic heterocycles. The van der Waals surface area contributed by atoms with E-state index >= 15 is 0 Å². The number of halogens is 1. The van der Waals surface area contributed by atoms with E-state index in [0.29, 0.717) is 18.8 Å². The number of piperidine rings is 1. The molecule has 4 rings (SSSR count). The van der Waals surface area contributed by atoms with Gasteiger partial charge >= 0.3 is 10.1 Å². The molecule has 0 unspecified atom stereocenters. The van der Waals surface area contributed by atoms with Crippen LogP contribution in [0.1, 0.15) is 70.1 Å². The minimum atomic E-state index is -3.59. The van der Waals surface area contributed by atoms with Gasteiger partial charge in [0.05, 0.1) is 5.75 Å². The predicted molar refractivity (Wildman–Crippen MR) is 164 cm³/mol. The summed E-state index contributed by atoms with van der Waals surface area (Å²) in [6.07, 6.45) is 9.62. The number of benzene rings is 2. The van der Waals surface area contributed by atoms with Crippen molar-refractivity contribution in [2.45, 2.75) is 71.6 Å². The largest absolute Gasteiger partial charge is 0.492 e. The van der Waals surface area contributed by atoms with Crippen molar-refractivity contribution < 1.29 is 22.1 Å². The van der Waals surface area contributed by atoms with Gasteiger partial charge in [0.25, 0.3) is 0 Å². The van der Waals surface area contributed by atoms with E-state index in [-0.39, 0.29) is 18.2 Å². The van der Waals surface area contributed by atoms with Gasteiger partial charge in [0, 0.05) is 21.5 Å². The van der Waals surface area contributed by atoms with Gasteiger partial charge in [-0.1, -0.05) is 39.5 Å². The molecule has 0 spiro atoms. The minimum Gasteiger partial charge on any atom is -0.492 e. The lowest BCUT2D eigenvalue weighted by atomic mass is 10.1. The summed E-state index contributed by atoms with van der Waals surface area (Å²) in [5.74, 6) is 2.83. The van der Waals surface area contributed by atoms with Crippen molar-refractivity contribution in [1.82, 2.24) is 4.90 Å². The van der Waals surface area contributed by atoms with E-state index in [4.69, 9.17) is 13.7 Å². The molecule has 1 aliphatic heterocycles. The third kappa shape index (κ3) is 9.55. The Morgan fingerprint density at radius 2 is 1.56 bits per heavy atom. The lowest BCUT2D eigenvalue weighted by Crippen LogP contribution is -2.33. The molecule has 9 heteroatoms. The van der Waals surface area contributed by atoms with Crippen molar-refractivity contribution in [2.75, 3.05) is 32.0 Å². The van der Waals surface area contributed by atoms with Crippen molar-refractivity contribution in [1.29, 1.82) is 0 Å². The highest BCUT2D eigenvalue weighted by molar-refractivity contribution is 7.87. The van der Waals surface area contributed by atoms with Crippen LogP contribution >= 0.6 is 23.7 Å². The molecule has 1 fully saturated rings. The van der Waals surface area contributed by atoms with Gasteiger partial charge in [-0.25, -0.2) is 0 Å². The number of unbranched alkanes of at least 4 members (excludes halogenated alkanes) is 3. The van der Waals surface area contributed by atoms with Crippen LogP contribution in [-0.2, 0) is 16.5 Å². The van der Waals surface area contributed by atoms with Crippen LogP contribution in [0.4, 0.5) is 0 Å². The lowest BCUT2D eigenvalue weighted by Gasteiger charge is -2.26. The molecule has 39 heavy (non-hydrogen) atoms. The van der Waals surface area contributed by atoms with Crippen molar-refractivity contribution in [3.63, 3.8) is 0 Å². The molecule has 216 valence electrons. The van der Waals surface area contributed by atoms with Crippen molar-refractivity contribution in [3.8, 4) is 23.0 Å². The zero-order chi connectivity index (χ0) is 26.8.